The Labute approximate surface area is 238 Å². The Morgan fingerprint density at radius 1 is 0.538 bits per heavy atom. The fraction of sp³-hybridized carbons (Fsp3) is 0.844. The van der Waals surface area contributed by atoms with Crippen LogP contribution in [0, 0.1) is 17.8 Å². The van der Waals surface area contributed by atoms with E-state index in [0.717, 1.165) is 38.5 Å². The van der Waals surface area contributed by atoms with Gasteiger partial charge < -0.3 is 19.8 Å². The second-order valence-corrected chi connectivity index (χ2v) is 12.0. The van der Waals surface area contributed by atoms with Crippen molar-refractivity contribution in [3.63, 3.8) is 0 Å². The largest absolute Gasteiger partial charge is 0.481 e. The summed E-state index contributed by atoms with van der Waals surface area (Å²) in [7, 11) is 0. The van der Waals surface area contributed by atoms with E-state index in [1.165, 1.54) is 64.2 Å². The van der Waals surface area contributed by atoms with Crippen molar-refractivity contribution in [2.24, 2.45) is 17.8 Å². The summed E-state index contributed by atoms with van der Waals surface area (Å²) in [5, 5.41) is 28.5. The molecule has 0 saturated carbocycles. The first-order chi connectivity index (χ1) is 18.5. The standard InChI is InChI=1S/C32H59NO6/c1-5-6-7-8-9-10-11-12-13-14-15-16-17-18-19-20-21-22-23-33(24-27(2)30(34)35,25-28(3)31(36)37)26-29(4)32(38)39/h16-17,27-29H,5-15,18-26H2,1-4H3,(H2-,34,35,36,37,38,39)/p+1/b17-16+. The lowest BCUT2D eigenvalue weighted by atomic mass is 10.0. The number of allylic oxidation sites excluding steroid dienone is 2. The third-order valence-corrected chi connectivity index (χ3v) is 7.89. The molecule has 3 N–H and O–H groups in total. The van der Waals surface area contributed by atoms with Crippen LogP contribution >= 0.6 is 0 Å². The zero-order valence-electron chi connectivity index (χ0n) is 25.5. The third-order valence-electron chi connectivity index (χ3n) is 7.89. The molecule has 0 aliphatic heterocycles. The molecule has 3 unspecified atom stereocenters. The minimum atomic E-state index is -0.937. The molecule has 0 fully saturated rings. The second-order valence-electron chi connectivity index (χ2n) is 12.0. The van der Waals surface area contributed by atoms with E-state index in [4.69, 9.17) is 0 Å². The molecule has 0 bridgehead atoms. The molecule has 0 aliphatic rings. The summed E-state index contributed by atoms with van der Waals surface area (Å²) in [6.07, 6.45) is 24.3. The van der Waals surface area contributed by atoms with E-state index in [9.17, 15) is 29.7 Å². The lowest BCUT2D eigenvalue weighted by molar-refractivity contribution is -0.934. The predicted octanol–water partition coefficient (Wildman–Crippen LogP) is 7.78. The van der Waals surface area contributed by atoms with Gasteiger partial charge in [-0.15, -0.1) is 0 Å². The van der Waals surface area contributed by atoms with E-state index in [2.05, 4.69) is 19.1 Å². The molecule has 0 spiro atoms. The zero-order valence-corrected chi connectivity index (χ0v) is 25.5. The number of carbonyl (C=O) groups is 3. The second kappa shape index (κ2) is 22.9. The molecule has 0 aromatic heterocycles. The highest BCUT2D eigenvalue weighted by molar-refractivity contribution is 5.70. The molecule has 0 saturated heterocycles. The number of hydrogen-bond donors (Lipinski definition) is 3. The van der Waals surface area contributed by atoms with Crippen molar-refractivity contribution in [1.82, 2.24) is 0 Å². The SMILES string of the molecule is CCCCCCCCCCCC/C=C/CCCCCC[N+](CC(C)C(=O)O)(CC(C)C(=O)O)CC(C)C(=O)O. The van der Waals surface area contributed by atoms with Crippen molar-refractivity contribution in [1.29, 1.82) is 0 Å². The average molecular weight is 555 g/mol. The van der Waals surface area contributed by atoms with Crippen molar-refractivity contribution >= 4 is 17.9 Å². The van der Waals surface area contributed by atoms with E-state index in [-0.39, 0.29) is 24.1 Å². The van der Waals surface area contributed by atoms with Crippen molar-refractivity contribution in [2.75, 3.05) is 26.2 Å². The molecular formula is C32H60NO6+. The summed E-state index contributed by atoms with van der Waals surface area (Å²) in [6, 6.07) is 0. The van der Waals surface area contributed by atoms with E-state index >= 15 is 0 Å². The Balaban J connectivity index is 4.42. The number of nitrogens with zero attached hydrogens (tertiary/aromatic N) is 1. The Morgan fingerprint density at radius 3 is 1.18 bits per heavy atom. The molecule has 0 aliphatic carbocycles. The van der Waals surface area contributed by atoms with Gasteiger partial charge in [-0.25, -0.2) is 0 Å². The Hall–Kier alpha value is -1.89. The van der Waals surface area contributed by atoms with E-state index in [1.54, 1.807) is 20.8 Å². The molecule has 0 rings (SSSR count). The average Bonchev–Trinajstić information content (AvgIpc) is 2.87. The number of carboxylic acids is 3. The molecule has 228 valence electrons. The lowest BCUT2D eigenvalue weighted by Gasteiger charge is -2.42. The molecule has 0 aromatic rings. The topological polar surface area (TPSA) is 112 Å². The third kappa shape index (κ3) is 19.8. The number of unbranched alkanes of at least 4 members (excludes halogenated alkanes) is 14. The van der Waals surface area contributed by atoms with Gasteiger partial charge in [0, 0.05) is 0 Å². The normalized spacial score (nSPS) is 15.6. The minimum absolute atomic E-state index is 0.215. The quantitative estimate of drug-likeness (QED) is 0.0543. The van der Waals surface area contributed by atoms with Crippen molar-refractivity contribution in [3.8, 4) is 0 Å². The van der Waals surface area contributed by atoms with Crippen LogP contribution in [-0.4, -0.2) is 63.9 Å². The highest BCUT2D eigenvalue weighted by atomic mass is 16.4. The summed E-state index contributed by atoms with van der Waals surface area (Å²) in [4.78, 5) is 34.8. The number of carboxylic acid groups (broad SMARTS) is 3. The molecular weight excluding hydrogens is 494 g/mol. The summed E-state index contributed by atoms with van der Waals surface area (Å²) in [6.45, 7) is 8.44. The van der Waals surface area contributed by atoms with Crippen molar-refractivity contribution in [2.45, 2.75) is 130 Å². The summed E-state index contributed by atoms with van der Waals surface area (Å²) < 4.78 is 0.215. The van der Waals surface area contributed by atoms with Crippen LogP contribution in [0.5, 0.6) is 0 Å². The fourth-order valence-corrected chi connectivity index (χ4v) is 5.52. The summed E-state index contributed by atoms with van der Waals surface area (Å²) in [5.74, 6) is -4.83. The van der Waals surface area contributed by atoms with Gasteiger partial charge in [0.2, 0.25) is 0 Å². The maximum absolute atomic E-state index is 11.6. The monoisotopic (exact) mass is 554 g/mol. The molecule has 3 atom stereocenters. The van der Waals surface area contributed by atoms with Crippen LogP contribution in [0.4, 0.5) is 0 Å². The molecule has 7 heteroatoms. The highest BCUT2D eigenvalue weighted by Crippen LogP contribution is 2.22. The van der Waals surface area contributed by atoms with Gasteiger partial charge in [-0.05, 0) is 59.3 Å². The van der Waals surface area contributed by atoms with Gasteiger partial charge in [-0.3, -0.25) is 14.4 Å². The van der Waals surface area contributed by atoms with Crippen molar-refractivity contribution < 1.29 is 34.2 Å². The molecule has 0 aromatic carbocycles. The van der Waals surface area contributed by atoms with Crippen molar-refractivity contribution in [3.05, 3.63) is 12.2 Å². The number of quaternary nitrogens is 1. The van der Waals surface area contributed by atoms with Crippen LogP contribution in [0.25, 0.3) is 0 Å². The highest BCUT2D eigenvalue weighted by Gasteiger charge is 2.38. The number of rotatable bonds is 27. The van der Waals surface area contributed by atoms with Crippen LogP contribution in [-0.2, 0) is 14.4 Å². The molecule has 0 amide bonds. The van der Waals surface area contributed by atoms with Gasteiger partial charge in [-0.2, -0.15) is 0 Å². The van der Waals surface area contributed by atoms with Gasteiger partial charge in [-0.1, -0.05) is 83.3 Å². The first-order valence-electron chi connectivity index (χ1n) is 15.7. The van der Waals surface area contributed by atoms with Crippen LogP contribution in [0.3, 0.4) is 0 Å². The van der Waals surface area contributed by atoms with Gasteiger partial charge in [0.1, 0.15) is 17.8 Å². The summed E-state index contributed by atoms with van der Waals surface area (Å²) in [5.41, 5.74) is 0. The molecule has 7 nitrogen and oxygen atoms in total. The zero-order chi connectivity index (χ0) is 29.5. The van der Waals surface area contributed by atoms with Crippen LogP contribution in [0.2, 0.25) is 0 Å². The van der Waals surface area contributed by atoms with Crippen LogP contribution < -0.4 is 0 Å². The smallest absolute Gasteiger partial charge is 0.311 e. The van der Waals surface area contributed by atoms with Crippen LogP contribution in [0.15, 0.2) is 12.2 Å². The Kier molecular flexibility index (Phi) is 21.8. The molecule has 0 radical (unpaired) electrons. The fourth-order valence-electron chi connectivity index (χ4n) is 5.52. The molecule has 0 heterocycles. The van der Waals surface area contributed by atoms with E-state index in [1.807, 2.05) is 0 Å². The van der Waals surface area contributed by atoms with Gasteiger partial charge >= 0.3 is 17.9 Å². The van der Waals surface area contributed by atoms with E-state index < -0.39 is 35.7 Å². The maximum atomic E-state index is 11.6. The van der Waals surface area contributed by atoms with E-state index in [0.29, 0.717) is 6.54 Å². The van der Waals surface area contributed by atoms with Gasteiger partial charge in [0.05, 0.1) is 26.2 Å². The molecule has 39 heavy (non-hydrogen) atoms. The predicted molar refractivity (Wildman–Crippen MR) is 159 cm³/mol. The summed E-state index contributed by atoms with van der Waals surface area (Å²) >= 11 is 0. The first-order valence-corrected chi connectivity index (χ1v) is 15.7. The Bertz CT molecular complexity index is 637. The van der Waals surface area contributed by atoms with Gasteiger partial charge in [0.15, 0.2) is 0 Å². The number of aliphatic carboxylic acids is 3. The lowest BCUT2D eigenvalue weighted by Crippen LogP contribution is -2.57. The minimum Gasteiger partial charge on any atom is -0.481 e. The maximum Gasteiger partial charge on any atom is 0.311 e. The first kappa shape index (κ1) is 37.1. The van der Waals surface area contributed by atoms with Crippen LogP contribution in [0.1, 0.15) is 130 Å². The Morgan fingerprint density at radius 2 is 0.846 bits per heavy atom. The van der Waals surface area contributed by atoms with Gasteiger partial charge in [0.25, 0.3) is 0 Å². The number of hydrogen-bond acceptors (Lipinski definition) is 3.